The van der Waals surface area contributed by atoms with E-state index in [1.807, 2.05) is 13.0 Å². The fourth-order valence-corrected chi connectivity index (χ4v) is 2.54. The van der Waals surface area contributed by atoms with Crippen molar-refractivity contribution < 1.29 is 0 Å². The molecule has 1 aliphatic rings. The van der Waals surface area contributed by atoms with Gasteiger partial charge in [0.2, 0.25) is 0 Å². The number of benzene rings is 1. The van der Waals surface area contributed by atoms with E-state index < -0.39 is 0 Å². The van der Waals surface area contributed by atoms with Gasteiger partial charge in [0.1, 0.15) is 5.82 Å². The molecule has 2 aromatic rings. The molecule has 0 amide bonds. The van der Waals surface area contributed by atoms with Gasteiger partial charge in [0.05, 0.1) is 0 Å². The zero-order valence-electron chi connectivity index (χ0n) is 9.76. The molecule has 3 rings (SSSR count). The zero-order chi connectivity index (χ0) is 11.8. The highest BCUT2D eigenvalue weighted by Gasteiger charge is 2.24. The summed E-state index contributed by atoms with van der Waals surface area (Å²) in [6, 6.07) is 12.0. The Bertz CT molecular complexity index is 601. The van der Waals surface area contributed by atoms with Crippen LogP contribution in [-0.2, 0) is 13.0 Å². The summed E-state index contributed by atoms with van der Waals surface area (Å²) < 4.78 is 2.15. The number of aromatic nitrogens is 2. The quantitative estimate of drug-likeness (QED) is 0.744. The number of rotatable bonds is 1. The van der Waals surface area contributed by atoms with Gasteiger partial charge in [-0.3, -0.25) is 4.79 Å². The Labute approximate surface area is 99.8 Å². The largest absolute Gasteiger partial charge is 0.333 e. The molecule has 3 heteroatoms. The van der Waals surface area contributed by atoms with Crippen LogP contribution in [0.15, 0.2) is 41.2 Å². The number of fused-ring (bicyclic) bond motifs is 1. The van der Waals surface area contributed by atoms with Crippen LogP contribution < -0.4 is 5.56 Å². The molecular weight excluding hydrogens is 212 g/mol. The number of nitrogens with zero attached hydrogens (tertiary/aromatic N) is 2. The number of aryl methyl sites for hydroxylation is 1. The van der Waals surface area contributed by atoms with Gasteiger partial charge in [-0.05, 0) is 12.5 Å². The molecule has 0 saturated heterocycles. The fourth-order valence-electron chi connectivity index (χ4n) is 2.54. The van der Waals surface area contributed by atoms with Crippen LogP contribution >= 0.6 is 0 Å². The molecule has 1 aliphatic heterocycles. The van der Waals surface area contributed by atoms with Crippen LogP contribution in [0.1, 0.15) is 23.0 Å². The van der Waals surface area contributed by atoms with E-state index in [2.05, 4.69) is 33.8 Å². The lowest BCUT2D eigenvalue weighted by Gasteiger charge is -2.09. The standard InChI is InChI=1S/C14H14N2O/c1-10-7-14(17)15-13-8-12(9-16(10)13)11-5-3-2-4-6-11/h2-7,12H,8-9H2,1H3. The van der Waals surface area contributed by atoms with Crippen LogP contribution in [-0.4, -0.2) is 9.55 Å². The first-order chi connectivity index (χ1) is 8.24. The van der Waals surface area contributed by atoms with Gasteiger partial charge in [-0.2, -0.15) is 4.98 Å². The third kappa shape index (κ3) is 1.78. The van der Waals surface area contributed by atoms with Crippen LogP contribution in [0.2, 0.25) is 0 Å². The molecular formula is C14H14N2O. The first kappa shape index (κ1) is 10.3. The Morgan fingerprint density at radius 2 is 2.06 bits per heavy atom. The summed E-state index contributed by atoms with van der Waals surface area (Å²) >= 11 is 0. The van der Waals surface area contributed by atoms with E-state index >= 15 is 0 Å². The third-order valence-electron chi connectivity index (χ3n) is 3.41. The second-order valence-electron chi connectivity index (χ2n) is 4.57. The van der Waals surface area contributed by atoms with E-state index in [1.54, 1.807) is 6.07 Å². The molecule has 1 aromatic heterocycles. The predicted molar refractivity (Wildman–Crippen MR) is 66.1 cm³/mol. The predicted octanol–water partition coefficient (Wildman–Crippen LogP) is 1.89. The number of hydrogen-bond donors (Lipinski definition) is 0. The Morgan fingerprint density at radius 1 is 1.29 bits per heavy atom. The van der Waals surface area contributed by atoms with E-state index in [1.165, 1.54) is 5.56 Å². The van der Waals surface area contributed by atoms with Gasteiger partial charge in [-0.15, -0.1) is 0 Å². The van der Waals surface area contributed by atoms with Crippen molar-refractivity contribution in [3.8, 4) is 0 Å². The first-order valence-corrected chi connectivity index (χ1v) is 5.86. The molecule has 17 heavy (non-hydrogen) atoms. The fraction of sp³-hybridized carbons (Fsp3) is 0.286. The van der Waals surface area contributed by atoms with Gasteiger partial charge in [-0.25, -0.2) is 0 Å². The first-order valence-electron chi connectivity index (χ1n) is 5.86. The molecule has 0 fully saturated rings. The van der Waals surface area contributed by atoms with Gasteiger partial charge in [0.25, 0.3) is 5.56 Å². The Hall–Kier alpha value is -1.90. The molecule has 2 heterocycles. The van der Waals surface area contributed by atoms with Crippen molar-refractivity contribution in [1.29, 1.82) is 0 Å². The summed E-state index contributed by atoms with van der Waals surface area (Å²) in [5.41, 5.74) is 2.21. The summed E-state index contributed by atoms with van der Waals surface area (Å²) in [7, 11) is 0. The van der Waals surface area contributed by atoms with Crippen molar-refractivity contribution in [2.75, 3.05) is 0 Å². The van der Waals surface area contributed by atoms with E-state index in [9.17, 15) is 4.79 Å². The lowest BCUT2D eigenvalue weighted by Crippen LogP contribution is -2.14. The van der Waals surface area contributed by atoms with Gasteiger partial charge in [-0.1, -0.05) is 30.3 Å². The lowest BCUT2D eigenvalue weighted by atomic mass is 9.98. The molecule has 0 bridgehead atoms. The number of hydrogen-bond acceptors (Lipinski definition) is 2. The Morgan fingerprint density at radius 3 is 2.82 bits per heavy atom. The summed E-state index contributed by atoms with van der Waals surface area (Å²) in [6.07, 6.45) is 0.862. The van der Waals surface area contributed by atoms with Gasteiger partial charge in [0, 0.05) is 30.6 Å². The highest BCUT2D eigenvalue weighted by atomic mass is 16.1. The minimum absolute atomic E-state index is 0.123. The lowest BCUT2D eigenvalue weighted by molar-refractivity contribution is 0.638. The van der Waals surface area contributed by atoms with Crippen molar-refractivity contribution >= 4 is 0 Å². The smallest absolute Gasteiger partial charge is 0.273 e. The minimum atomic E-state index is -0.123. The maximum Gasteiger partial charge on any atom is 0.273 e. The molecule has 0 aliphatic carbocycles. The normalized spacial score (nSPS) is 18.1. The van der Waals surface area contributed by atoms with Gasteiger partial charge < -0.3 is 4.57 Å². The molecule has 3 nitrogen and oxygen atoms in total. The Balaban J connectivity index is 1.99. The van der Waals surface area contributed by atoms with E-state index in [0.29, 0.717) is 5.92 Å². The maximum atomic E-state index is 11.4. The molecule has 1 aromatic carbocycles. The van der Waals surface area contributed by atoms with Gasteiger partial charge >= 0.3 is 0 Å². The summed E-state index contributed by atoms with van der Waals surface area (Å²) in [5, 5.41) is 0. The molecule has 0 spiro atoms. The van der Waals surface area contributed by atoms with Crippen molar-refractivity contribution in [2.24, 2.45) is 0 Å². The van der Waals surface area contributed by atoms with E-state index in [0.717, 1.165) is 24.5 Å². The maximum absolute atomic E-state index is 11.4. The van der Waals surface area contributed by atoms with E-state index in [-0.39, 0.29) is 5.56 Å². The van der Waals surface area contributed by atoms with Crippen molar-refractivity contribution in [2.45, 2.75) is 25.8 Å². The average Bonchev–Trinajstić information content (AvgIpc) is 2.74. The third-order valence-corrected chi connectivity index (χ3v) is 3.41. The molecule has 0 radical (unpaired) electrons. The molecule has 86 valence electrons. The zero-order valence-corrected chi connectivity index (χ0v) is 9.76. The van der Waals surface area contributed by atoms with E-state index in [4.69, 9.17) is 0 Å². The van der Waals surface area contributed by atoms with Crippen LogP contribution in [0.4, 0.5) is 0 Å². The monoisotopic (exact) mass is 226 g/mol. The summed E-state index contributed by atoms with van der Waals surface area (Å²) in [4.78, 5) is 15.5. The van der Waals surface area contributed by atoms with Crippen LogP contribution in [0.25, 0.3) is 0 Å². The highest BCUT2D eigenvalue weighted by Crippen LogP contribution is 2.28. The van der Waals surface area contributed by atoms with Crippen molar-refractivity contribution in [3.05, 3.63) is 63.8 Å². The Kier molecular flexibility index (Phi) is 2.32. The van der Waals surface area contributed by atoms with Crippen molar-refractivity contribution in [1.82, 2.24) is 9.55 Å². The SMILES string of the molecule is Cc1cc(=O)nc2n1CC(c1ccccc1)C2. The topological polar surface area (TPSA) is 34.9 Å². The summed E-state index contributed by atoms with van der Waals surface area (Å²) in [5.74, 6) is 1.37. The highest BCUT2D eigenvalue weighted by molar-refractivity contribution is 5.24. The van der Waals surface area contributed by atoms with Crippen LogP contribution in [0.5, 0.6) is 0 Å². The van der Waals surface area contributed by atoms with Crippen molar-refractivity contribution in [3.63, 3.8) is 0 Å². The molecule has 1 atom stereocenters. The minimum Gasteiger partial charge on any atom is -0.333 e. The molecule has 0 N–H and O–H groups in total. The molecule has 1 unspecified atom stereocenters. The second kappa shape index (κ2) is 3.84. The average molecular weight is 226 g/mol. The van der Waals surface area contributed by atoms with Crippen LogP contribution in [0.3, 0.4) is 0 Å². The van der Waals surface area contributed by atoms with Crippen LogP contribution in [0, 0.1) is 6.92 Å². The summed E-state index contributed by atoms with van der Waals surface area (Å²) in [6.45, 7) is 2.90. The molecule has 0 saturated carbocycles. The second-order valence-corrected chi connectivity index (χ2v) is 4.57. The van der Waals surface area contributed by atoms with Gasteiger partial charge in [0.15, 0.2) is 0 Å².